The monoisotopic (exact) mass is 354 g/mol. The van der Waals surface area contributed by atoms with E-state index in [0.29, 0.717) is 27.5 Å². The van der Waals surface area contributed by atoms with Crippen LogP contribution >= 0.6 is 11.8 Å². The first-order valence-corrected chi connectivity index (χ1v) is 8.73. The van der Waals surface area contributed by atoms with E-state index in [1.165, 1.54) is 0 Å². The third-order valence-corrected chi connectivity index (χ3v) is 4.56. The molecule has 1 aromatic heterocycles. The van der Waals surface area contributed by atoms with E-state index >= 15 is 0 Å². The molecular formula is C19H18N2O3S. The predicted molar refractivity (Wildman–Crippen MR) is 100 cm³/mol. The molecule has 0 atom stereocenters. The fraction of sp³-hybridized carbons (Fsp3) is 0.158. The van der Waals surface area contributed by atoms with E-state index in [0.717, 1.165) is 4.90 Å². The number of furan rings is 1. The molecule has 0 saturated carbocycles. The largest absolute Gasteiger partial charge is 0.449 e. The number of carbonyl (C=O) groups is 2. The highest BCUT2D eigenvalue weighted by atomic mass is 32.2. The van der Waals surface area contributed by atoms with Gasteiger partial charge in [0.1, 0.15) is 11.3 Å². The number of anilines is 1. The zero-order valence-corrected chi connectivity index (χ0v) is 14.7. The second-order valence-electron chi connectivity index (χ2n) is 5.81. The summed E-state index contributed by atoms with van der Waals surface area (Å²) in [4.78, 5) is 25.3. The van der Waals surface area contributed by atoms with Gasteiger partial charge in [-0.15, -0.1) is 11.8 Å². The first-order valence-electron chi connectivity index (χ1n) is 7.85. The summed E-state index contributed by atoms with van der Waals surface area (Å²) in [6.07, 6.45) is 0. The average molecular weight is 354 g/mol. The maximum Gasteiger partial charge on any atom is 0.286 e. The minimum atomic E-state index is -0.727. The summed E-state index contributed by atoms with van der Waals surface area (Å²) in [5.41, 5.74) is 6.66. The first kappa shape index (κ1) is 17.1. The Balaban J connectivity index is 1.89. The number of benzene rings is 2. The number of para-hydroxylation sites is 1. The van der Waals surface area contributed by atoms with Crippen molar-refractivity contribution in [3.05, 3.63) is 59.9 Å². The van der Waals surface area contributed by atoms with Gasteiger partial charge in [0.05, 0.1) is 0 Å². The van der Waals surface area contributed by atoms with Gasteiger partial charge >= 0.3 is 0 Å². The van der Waals surface area contributed by atoms with Crippen LogP contribution in [0.3, 0.4) is 0 Å². The van der Waals surface area contributed by atoms with E-state index in [1.807, 2.05) is 12.1 Å². The molecule has 0 radical (unpaired) electrons. The fourth-order valence-electron chi connectivity index (χ4n) is 2.49. The van der Waals surface area contributed by atoms with Crippen molar-refractivity contribution in [3.8, 4) is 0 Å². The molecule has 0 bridgehead atoms. The van der Waals surface area contributed by atoms with Crippen molar-refractivity contribution < 1.29 is 14.0 Å². The predicted octanol–water partition coefficient (Wildman–Crippen LogP) is 4.28. The number of rotatable bonds is 5. The average Bonchev–Trinajstić information content (AvgIpc) is 2.94. The van der Waals surface area contributed by atoms with Gasteiger partial charge in [0, 0.05) is 21.1 Å². The molecule has 1 heterocycles. The molecule has 5 nitrogen and oxygen atoms in total. The van der Waals surface area contributed by atoms with E-state index in [2.05, 4.69) is 19.2 Å². The Bertz CT molecular complexity index is 929. The molecule has 128 valence electrons. The van der Waals surface area contributed by atoms with E-state index in [9.17, 15) is 9.59 Å². The third kappa shape index (κ3) is 3.69. The van der Waals surface area contributed by atoms with Gasteiger partial charge in [-0.2, -0.15) is 0 Å². The molecule has 0 unspecified atom stereocenters. The lowest BCUT2D eigenvalue weighted by Crippen LogP contribution is -2.17. The minimum absolute atomic E-state index is 0.0541. The van der Waals surface area contributed by atoms with E-state index in [-0.39, 0.29) is 11.7 Å². The van der Waals surface area contributed by atoms with Gasteiger partial charge in [-0.05, 0) is 36.4 Å². The quantitative estimate of drug-likeness (QED) is 0.670. The number of amides is 2. The number of carbonyl (C=O) groups excluding carboxylic acids is 2. The van der Waals surface area contributed by atoms with Gasteiger partial charge in [-0.1, -0.05) is 26.0 Å². The summed E-state index contributed by atoms with van der Waals surface area (Å²) in [6, 6.07) is 14.4. The van der Waals surface area contributed by atoms with Crippen LogP contribution in [0, 0.1) is 0 Å². The summed E-state index contributed by atoms with van der Waals surface area (Å²) in [7, 11) is 0. The Morgan fingerprint density at radius 3 is 2.40 bits per heavy atom. The molecule has 3 rings (SSSR count). The van der Waals surface area contributed by atoms with Crippen molar-refractivity contribution in [1.29, 1.82) is 0 Å². The van der Waals surface area contributed by atoms with Crippen LogP contribution in [0.25, 0.3) is 11.0 Å². The summed E-state index contributed by atoms with van der Waals surface area (Å²) >= 11 is 1.72. The van der Waals surface area contributed by atoms with E-state index in [4.69, 9.17) is 10.2 Å². The minimum Gasteiger partial charge on any atom is -0.449 e. The van der Waals surface area contributed by atoms with Crippen molar-refractivity contribution >= 4 is 40.2 Å². The molecule has 0 aliphatic rings. The van der Waals surface area contributed by atoms with Crippen molar-refractivity contribution in [2.75, 3.05) is 5.32 Å². The molecule has 2 aromatic carbocycles. The third-order valence-electron chi connectivity index (χ3n) is 3.55. The summed E-state index contributed by atoms with van der Waals surface area (Å²) < 4.78 is 5.47. The van der Waals surface area contributed by atoms with Crippen molar-refractivity contribution in [1.82, 2.24) is 0 Å². The second-order valence-corrected chi connectivity index (χ2v) is 7.46. The highest BCUT2D eigenvalue weighted by Gasteiger charge is 2.20. The SMILES string of the molecule is CC(C)Sc1ccc(C(=O)Nc2c(C(N)=O)oc3ccccc23)cc1. The summed E-state index contributed by atoms with van der Waals surface area (Å²) in [6.45, 7) is 4.22. The van der Waals surface area contributed by atoms with Gasteiger partial charge in [-0.25, -0.2) is 0 Å². The number of fused-ring (bicyclic) bond motifs is 1. The number of primary amides is 1. The maximum absolute atomic E-state index is 12.6. The second kappa shape index (κ2) is 7.03. The van der Waals surface area contributed by atoms with Crippen LogP contribution in [-0.2, 0) is 0 Å². The molecule has 0 saturated heterocycles. The number of hydrogen-bond donors (Lipinski definition) is 2. The number of nitrogens with two attached hydrogens (primary N) is 1. The van der Waals surface area contributed by atoms with Gasteiger partial charge < -0.3 is 15.5 Å². The van der Waals surface area contributed by atoms with E-state index in [1.54, 1.807) is 48.2 Å². The standard InChI is InChI=1S/C19H18N2O3S/c1-11(2)25-13-9-7-12(8-10-13)19(23)21-16-14-5-3-4-6-15(14)24-17(16)18(20)22/h3-11H,1-2H3,(H2,20,22)(H,21,23). The first-order chi connectivity index (χ1) is 12.0. The number of hydrogen-bond acceptors (Lipinski definition) is 4. The van der Waals surface area contributed by atoms with Gasteiger partial charge in [0.15, 0.2) is 0 Å². The van der Waals surface area contributed by atoms with Gasteiger partial charge in [-0.3, -0.25) is 9.59 Å². The zero-order chi connectivity index (χ0) is 18.0. The summed E-state index contributed by atoms with van der Waals surface area (Å²) in [5, 5.41) is 3.85. The zero-order valence-electron chi connectivity index (χ0n) is 13.9. The Labute approximate surface area is 149 Å². The maximum atomic E-state index is 12.6. The Kier molecular flexibility index (Phi) is 4.81. The molecule has 0 fully saturated rings. The number of thioether (sulfide) groups is 1. The van der Waals surface area contributed by atoms with E-state index < -0.39 is 5.91 Å². The van der Waals surface area contributed by atoms with Crippen molar-refractivity contribution in [2.45, 2.75) is 24.0 Å². The molecule has 6 heteroatoms. The van der Waals surface area contributed by atoms with Crippen LogP contribution in [0.2, 0.25) is 0 Å². The highest BCUT2D eigenvalue weighted by molar-refractivity contribution is 7.99. The topological polar surface area (TPSA) is 85.3 Å². The molecule has 2 amide bonds. The van der Waals surface area contributed by atoms with Gasteiger partial charge in [0.25, 0.3) is 11.8 Å². The molecular weight excluding hydrogens is 336 g/mol. The lowest BCUT2D eigenvalue weighted by Gasteiger charge is -2.07. The molecule has 0 spiro atoms. The van der Waals surface area contributed by atoms with Crippen molar-refractivity contribution in [2.24, 2.45) is 5.73 Å². The van der Waals surface area contributed by atoms with Crippen LogP contribution in [-0.4, -0.2) is 17.1 Å². The molecule has 3 N–H and O–H groups in total. The Morgan fingerprint density at radius 2 is 1.76 bits per heavy atom. The molecule has 0 aliphatic heterocycles. The van der Waals surface area contributed by atoms with Crippen LogP contribution in [0.5, 0.6) is 0 Å². The van der Waals surface area contributed by atoms with Crippen LogP contribution in [0.4, 0.5) is 5.69 Å². The van der Waals surface area contributed by atoms with Crippen LogP contribution in [0.1, 0.15) is 34.8 Å². The highest BCUT2D eigenvalue weighted by Crippen LogP contribution is 2.31. The van der Waals surface area contributed by atoms with Crippen LogP contribution in [0.15, 0.2) is 57.8 Å². The smallest absolute Gasteiger partial charge is 0.286 e. The van der Waals surface area contributed by atoms with Crippen LogP contribution < -0.4 is 11.1 Å². The molecule has 0 aliphatic carbocycles. The normalized spacial score (nSPS) is 11.0. The number of nitrogens with one attached hydrogen (secondary N) is 1. The molecule has 25 heavy (non-hydrogen) atoms. The molecule has 3 aromatic rings. The fourth-order valence-corrected chi connectivity index (χ4v) is 3.32. The van der Waals surface area contributed by atoms with Crippen molar-refractivity contribution in [3.63, 3.8) is 0 Å². The van der Waals surface area contributed by atoms with Gasteiger partial charge in [0.2, 0.25) is 5.76 Å². The Hall–Kier alpha value is -2.73. The lowest BCUT2D eigenvalue weighted by atomic mass is 10.2. The Morgan fingerprint density at radius 1 is 1.08 bits per heavy atom. The lowest BCUT2D eigenvalue weighted by molar-refractivity contribution is 0.0977. The summed E-state index contributed by atoms with van der Waals surface area (Å²) in [5.74, 6) is -1.10.